The zero-order valence-electron chi connectivity index (χ0n) is 12.1. The fourth-order valence-corrected chi connectivity index (χ4v) is 4.17. The molecule has 0 aromatic carbocycles. The van der Waals surface area contributed by atoms with E-state index in [4.69, 9.17) is 18.9 Å². The number of hydrogen-bond donors (Lipinski definition) is 1. The number of alkyl halides is 1. The lowest BCUT2D eigenvalue weighted by molar-refractivity contribution is -0.356. The zero-order chi connectivity index (χ0) is 15.1. The second-order valence-electron chi connectivity index (χ2n) is 5.57. The van der Waals surface area contributed by atoms with E-state index in [1.165, 1.54) is 7.11 Å². The van der Waals surface area contributed by atoms with Gasteiger partial charge in [0.2, 0.25) is 0 Å². The van der Waals surface area contributed by atoms with E-state index < -0.39 is 23.5 Å². The van der Waals surface area contributed by atoms with E-state index in [1.807, 2.05) is 6.92 Å². The van der Waals surface area contributed by atoms with Crippen LogP contribution in [0.4, 0.5) is 0 Å². The van der Waals surface area contributed by atoms with Crippen molar-refractivity contribution in [3.05, 3.63) is 0 Å². The Bertz CT molecular complexity index is 391. The first kappa shape index (κ1) is 16.4. The highest BCUT2D eigenvalue weighted by atomic mass is 127. The number of methoxy groups -OCH3 is 2. The lowest BCUT2D eigenvalue weighted by atomic mass is 9.80. The molecule has 1 aliphatic carbocycles. The molecule has 1 aliphatic heterocycles. The molecule has 1 heterocycles. The summed E-state index contributed by atoms with van der Waals surface area (Å²) in [6.45, 7) is 3.69. The number of hydrogen-bond acceptors (Lipinski definition) is 6. The van der Waals surface area contributed by atoms with Crippen LogP contribution >= 0.6 is 22.6 Å². The molecule has 2 fully saturated rings. The topological polar surface area (TPSA) is 74.2 Å². The molecule has 1 saturated carbocycles. The monoisotopic (exact) mass is 400 g/mol. The Morgan fingerprint density at radius 1 is 1.40 bits per heavy atom. The second kappa shape index (κ2) is 5.68. The first-order chi connectivity index (χ1) is 9.25. The third-order valence-electron chi connectivity index (χ3n) is 4.25. The summed E-state index contributed by atoms with van der Waals surface area (Å²) < 4.78 is 22.0. The molecule has 0 spiro atoms. The quantitative estimate of drug-likeness (QED) is 0.424. The van der Waals surface area contributed by atoms with Gasteiger partial charge in [-0.15, -0.1) is 0 Å². The van der Waals surface area contributed by atoms with Gasteiger partial charge in [0, 0.05) is 23.9 Å². The normalized spacial score (nSPS) is 48.5. The molecule has 0 bridgehead atoms. The number of carbonyl (C=O) groups is 1. The molecular weight excluding hydrogens is 379 g/mol. The summed E-state index contributed by atoms with van der Waals surface area (Å²) in [5, 5.41) is 10.5. The molecule has 1 N–H and O–H groups in total. The fraction of sp³-hybridized carbons (Fsp3) is 0.923. The smallest absolute Gasteiger partial charge is 0.337 e. The third-order valence-corrected chi connectivity index (χ3v) is 5.40. The molecule has 0 amide bonds. The summed E-state index contributed by atoms with van der Waals surface area (Å²) in [6, 6.07) is 0. The molecule has 20 heavy (non-hydrogen) atoms. The van der Waals surface area contributed by atoms with Crippen molar-refractivity contribution in [3.63, 3.8) is 0 Å². The first-order valence-corrected chi connectivity index (χ1v) is 7.83. The minimum absolute atomic E-state index is 0.0423. The first-order valence-electron chi connectivity index (χ1n) is 6.59. The summed E-state index contributed by atoms with van der Waals surface area (Å²) >= 11 is 2.19. The van der Waals surface area contributed by atoms with E-state index in [9.17, 15) is 9.90 Å². The van der Waals surface area contributed by atoms with Gasteiger partial charge in [0.25, 0.3) is 0 Å². The van der Waals surface area contributed by atoms with Crippen molar-refractivity contribution in [2.24, 2.45) is 0 Å². The van der Waals surface area contributed by atoms with Crippen molar-refractivity contribution in [1.29, 1.82) is 0 Å². The maximum Gasteiger partial charge on any atom is 0.337 e. The molecule has 6 atom stereocenters. The van der Waals surface area contributed by atoms with Crippen molar-refractivity contribution in [1.82, 2.24) is 0 Å². The van der Waals surface area contributed by atoms with Crippen molar-refractivity contribution < 1.29 is 28.8 Å². The summed E-state index contributed by atoms with van der Waals surface area (Å²) in [4.78, 5) is 11.8. The standard InChI is InChI=1S/C13H21IO6/c1-7-12(2,18-4)20-9-6-13(16,11(15)17-3)5-8(14)10(9)19-7/h7-10,16H,5-6H2,1-4H3/t7-,8-,9+,10+,12-,13-/m0/s1. The molecule has 116 valence electrons. The summed E-state index contributed by atoms with van der Waals surface area (Å²) in [6.07, 6.45) is -0.360. The summed E-state index contributed by atoms with van der Waals surface area (Å²) in [5.74, 6) is -1.51. The molecule has 2 aliphatic rings. The Labute approximate surface area is 132 Å². The van der Waals surface area contributed by atoms with E-state index in [2.05, 4.69) is 22.6 Å². The number of carbonyl (C=O) groups excluding carboxylic acids is 1. The molecule has 1 saturated heterocycles. The van der Waals surface area contributed by atoms with Crippen LogP contribution in [0.1, 0.15) is 26.7 Å². The third kappa shape index (κ3) is 2.70. The molecule has 0 radical (unpaired) electrons. The number of ether oxygens (including phenoxy) is 4. The Morgan fingerprint density at radius 2 is 2.05 bits per heavy atom. The van der Waals surface area contributed by atoms with Crippen LogP contribution in [0.25, 0.3) is 0 Å². The summed E-state index contributed by atoms with van der Waals surface area (Å²) in [7, 11) is 2.82. The van der Waals surface area contributed by atoms with Crippen LogP contribution in [0.15, 0.2) is 0 Å². The fourth-order valence-electron chi connectivity index (χ4n) is 2.81. The van der Waals surface area contributed by atoms with Crippen LogP contribution < -0.4 is 0 Å². The van der Waals surface area contributed by atoms with Gasteiger partial charge in [0.15, 0.2) is 11.4 Å². The Morgan fingerprint density at radius 3 is 2.60 bits per heavy atom. The maximum absolute atomic E-state index is 11.8. The highest BCUT2D eigenvalue weighted by molar-refractivity contribution is 14.1. The van der Waals surface area contributed by atoms with E-state index in [0.717, 1.165) is 0 Å². The van der Waals surface area contributed by atoms with E-state index >= 15 is 0 Å². The Balaban J connectivity index is 2.21. The average Bonchev–Trinajstić information content (AvgIpc) is 2.40. The van der Waals surface area contributed by atoms with Gasteiger partial charge in [0.05, 0.1) is 19.3 Å². The SMILES string of the molecule is COC(=O)[C@]1(O)C[C@H](I)[C@H]2O[C@@H](C)[C@@](C)(OC)O[C@@H]2C1. The number of halogens is 1. The van der Waals surface area contributed by atoms with Gasteiger partial charge < -0.3 is 24.1 Å². The van der Waals surface area contributed by atoms with Gasteiger partial charge in [-0.2, -0.15) is 0 Å². The highest BCUT2D eigenvalue weighted by Gasteiger charge is 2.56. The lowest BCUT2D eigenvalue weighted by Gasteiger charge is -2.51. The molecule has 0 unspecified atom stereocenters. The van der Waals surface area contributed by atoms with Crippen LogP contribution in [0.2, 0.25) is 0 Å². The molecule has 0 aromatic rings. The average molecular weight is 400 g/mol. The minimum atomic E-state index is -1.53. The Hall–Kier alpha value is 0.0400. The predicted octanol–water partition coefficient (Wildman–Crippen LogP) is 1.02. The largest absolute Gasteiger partial charge is 0.467 e. The van der Waals surface area contributed by atoms with E-state index in [0.29, 0.717) is 6.42 Å². The van der Waals surface area contributed by atoms with Crippen LogP contribution in [0.5, 0.6) is 0 Å². The van der Waals surface area contributed by atoms with Crippen LogP contribution in [0.3, 0.4) is 0 Å². The zero-order valence-corrected chi connectivity index (χ0v) is 14.2. The van der Waals surface area contributed by atoms with Crippen LogP contribution in [-0.2, 0) is 23.7 Å². The van der Waals surface area contributed by atoms with Gasteiger partial charge in [0.1, 0.15) is 6.10 Å². The Kier molecular flexibility index (Phi) is 4.66. The van der Waals surface area contributed by atoms with Gasteiger partial charge in [-0.25, -0.2) is 4.79 Å². The number of aliphatic hydroxyl groups is 1. The molecule has 6 nitrogen and oxygen atoms in total. The van der Waals surface area contributed by atoms with Gasteiger partial charge >= 0.3 is 5.97 Å². The number of fused-ring (bicyclic) bond motifs is 1. The second-order valence-corrected chi connectivity index (χ2v) is 7.17. The van der Waals surface area contributed by atoms with Gasteiger partial charge in [-0.05, 0) is 13.8 Å². The van der Waals surface area contributed by atoms with Crippen molar-refractivity contribution in [2.45, 2.75) is 60.3 Å². The van der Waals surface area contributed by atoms with E-state index in [-0.39, 0.29) is 22.6 Å². The maximum atomic E-state index is 11.8. The van der Waals surface area contributed by atoms with E-state index in [1.54, 1.807) is 14.0 Å². The van der Waals surface area contributed by atoms with Crippen LogP contribution in [-0.4, -0.2) is 58.9 Å². The highest BCUT2D eigenvalue weighted by Crippen LogP contribution is 2.43. The number of esters is 1. The lowest BCUT2D eigenvalue weighted by Crippen LogP contribution is -2.64. The van der Waals surface area contributed by atoms with Crippen molar-refractivity contribution in [3.8, 4) is 0 Å². The molecule has 2 rings (SSSR count). The molecular formula is C13H21IO6. The molecule has 7 heteroatoms. The van der Waals surface area contributed by atoms with Gasteiger partial charge in [-0.3, -0.25) is 0 Å². The van der Waals surface area contributed by atoms with Crippen molar-refractivity contribution >= 4 is 28.6 Å². The van der Waals surface area contributed by atoms with Gasteiger partial charge in [-0.1, -0.05) is 22.6 Å². The number of rotatable bonds is 2. The summed E-state index contributed by atoms with van der Waals surface area (Å²) in [5.41, 5.74) is -1.53. The predicted molar refractivity (Wildman–Crippen MR) is 78.6 cm³/mol. The minimum Gasteiger partial charge on any atom is -0.467 e. The molecule has 0 aromatic heterocycles. The van der Waals surface area contributed by atoms with Crippen molar-refractivity contribution in [2.75, 3.05) is 14.2 Å². The van der Waals surface area contributed by atoms with Crippen LogP contribution in [0, 0.1) is 0 Å².